The van der Waals surface area contributed by atoms with Crippen LogP contribution in [0, 0.1) is 0 Å². The zero-order valence-electron chi connectivity index (χ0n) is 29.5. The van der Waals surface area contributed by atoms with E-state index in [4.69, 9.17) is 10.2 Å². The van der Waals surface area contributed by atoms with Gasteiger partial charge < -0.3 is 36.1 Å². The van der Waals surface area contributed by atoms with Crippen LogP contribution in [0.25, 0.3) is 56.9 Å². The van der Waals surface area contributed by atoms with Gasteiger partial charge in [0.25, 0.3) is 0 Å². The number of para-hydroxylation sites is 4. The number of carboxylic acids is 2. The second-order valence-corrected chi connectivity index (χ2v) is 12.1. The number of carbonyl (C=O) groups is 2. The molecule has 0 saturated heterocycles. The first-order valence-electron chi connectivity index (χ1n) is 16.8. The van der Waals surface area contributed by atoms with E-state index >= 15 is 0 Å². The lowest BCUT2D eigenvalue weighted by Crippen LogP contribution is -2.02. The first-order chi connectivity index (χ1) is 27.1. The summed E-state index contributed by atoms with van der Waals surface area (Å²) in [4.78, 5) is 31.3. The Hall–Kier alpha value is -8.30. The molecule has 8 N–H and O–H groups in total. The second kappa shape index (κ2) is 16.4. The number of phenolic OH excluding ortho intramolecular Hbond substituents is 4. The minimum absolute atomic E-state index is 0. The van der Waals surface area contributed by atoms with Gasteiger partial charge in [-0.3, -0.25) is 0 Å². The van der Waals surface area contributed by atoms with Crippen LogP contribution in [0.15, 0.2) is 146 Å². The van der Waals surface area contributed by atoms with Crippen molar-refractivity contribution in [2.24, 2.45) is 0 Å². The van der Waals surface area contributed by atoms with Gasteiger partial charge in [0.1, 0.15) is 23.0 Å². The van der Waals surface area contributed by atoms with Crippen molar-refractivity contribution in [2.45, 2.75) is 0 Å². The summed E-state index contributed by atoms with van der Waals surface area (Å²) in [5, 5.41) is 68.1. The number of rotatable bonds is 8. The van der Waals surface area contributed by atoms with Crippen LogP contribution in [-0.2, 0) is 0 Å². The monoisotopic (exact) mass is 764 g/mol. The quantitative estimate of drug-likeness (QED) is 0.0958. The van der Waals surface area contributed by atoms with Crippen molar-refractivity contribution in [3.8, 4) is 79.9 Å². The van der Waals surface area contributed by atoms with Gasteiger partial charge in [-0.25, -0.2) is 28.9 Å². The molecule has 0 saturated carbocycles. The molecule has 8 aromatic rings. The lowest BCUT2D eigenvalue weighted by molar-refractivity contribution is 0.0686. The molecule has 0 bridgehead atoms. The van der Waals surface area contributed by atoms with Crippen LogP contribution in [0.4, 0.5) is 0 Å². The third-order valence-corrected chi connectivity index (χ3v) is 8.51. The molecule has 0 aliphatic heterocycles. The minimum Gasteiger partial charge on any atom is -0.507 e. The molecule has 57 heavy (non-hydrogen) atoms. The molecule has 284 valence electrons. The topological polar surface area (TPSA) is 248 Å². The number of aromatic hydroxyl groups is 4. The van der Waals surface area contributed by atoms with Crippen molar-refractivity contribution in [3.05, 3.63) is 157 Å². The largest absolute Gasteiger partial charge is 0.507 e. The summed E-state index contributed by atoms with van der Waals surface area (Å²) in [5.41, 5.74) is 3.23. The molecule has 15 nitrogen and oxygen atoms in total. The predicted molar refractivity (Wildman–Crippen MR) is 209 cm³/mol. The van der Waals surface area contributed by atoms with Gasteiger partial charge >= 0.3 is 11.9 Å². The van der Waals surface area contributed by atoms with Crippen molar-refractivity contribution in [1.29, 1.82) is 0 Å². The molecule has 0 aliphatic rings. The molecule has 2 aromatic heterocycles. The Morgan fingerprint density at radius 1 is 0.404 bits per heavy atom. The normalized spacial score (nSPS) is 10.5. The molecule has 0 fully saturated rings. The van der Waals surface area contributed by atoms with E-state index in [1.54, 1.807) is 109 Å². The van der Waals surface area contributed by atoms with Gasteiger partial charge in [-0.15, -0.1) is 10.2 Å². The Bertz CT molecular complexity index is 2520. The van der Waals surface area contributed by atoms with Gasteiger partial charge in [-0.2, -0.15) is 0 Å². The fourth-order valence-electron chi connectivity index (χ4n) is 5.70. The van der Waals surface area contributed by atoms with Crippen molar-refractivity contribution in [3.63, 3.8) is 0 Å². The maximum absolute atomic E-state index is 11.1. The molecule has 0 spiro atoms. The van der Waals surface area contributed by atoms with Crippen LogP contribution in [-0.4, -0.2) is 77.6 Å². The predicted octanol–water partition coefficient (Wildman–Crippen LogP) is 6.60. The van der Waals surface area contributed by atoms with Crippen molar-refractivity contribution in [1.82, 2.24) is 29.5 Å². The Balaban J connectivity index is 0.000000189. The van der Waals surface area contributed by atoms with E-state index < -0.39 is 11.9 Å². The zero-order chi connectivity index (χ0) is 39.3. The number of carboxylic acid groups (broad SMARTS) is 2. The lowest BCUT2D eigenvalue weighted by atomic mass is 10.1. The van der Waals surface area contributed by atoms with Crippen LogP contribution in [0.5, 0.6) is 23.0 Å². The number of aromatic carboxylic acids is 2. The third kappa shape index (κ3) is 7.98. The fourth-order valence-corrected chi connectivity index (χ4v) is 5.70. The van der Waals surface area contributed by atoms with Crippen molar-refractivity contribution in [2.75, 3.05) is 0 Å². The molecule has 8 rings (SSSR count). The van der Waals surface area contributed by atoms with E-state index in [2.05, 4.69) is 20.2 Å². The molecular weight excluding hydrogens is 732 g/mol. The highest BCUT2D eigenvalue weighted by Crippen LogP contribution is 2.35. The molecule has 0 atom stereocenters. The van der Waals surface area contributed by atoms with Gasteiger partial charge in [0.2, 0.25) is 0 Å². The van der Waals surface area contributed by atoms with Gasteiger partial charge in [0, 0.05) is 0 Å². The fraction of sp³-hybridized carbons (Fsp3) is 0. The molecule has 0 radical (unpaired) electrons. The minimum atomic E-state index is -1.03. The summed E-state index contributed by atoms with van der Waals surface area (Å²) in [6, 6.07) is 39.1. The molecule has 0 amide bonds. The van der Waals surface area contributed by atoms with Crippen molar-refractivity contribution < 1.29 is 45.7 Å². The second-order valence-electron chi connectivity index (χ2n) is 12.1. The van der Waals surface area contributed by atoms with Crippen LogP contribution in [0.3, 0.4) is 0 Å². The summed E-state index contributed by atoms with van der Waals surface area (Å²) < 4.78 is 3.00. The smallest absolute Gasteiger partial charge is 0.335 e. The van der Waals surface area contributed by atoms with E-state index in [0.717, 1.165) is 0 Å². The summed E-state index contributed by atoms with van der Waals surface area (Å²) in [5.74, 6) is -0.656. The van der Waals surface area contributed by atoms with Gasteiger partial charge in [-0.1, -0.05) is 48.5 Å². The Morgan fingerprint density at radius 3 is 0.965 bits per heavy atom. The van der Waals surface area contributed by atoms with Gasteiger partial charge in [0.15, 0.2) is 23.3 Å². The summed E-state index contributed by atoms with van der Waals surface area (Å²) in [6.07, 6.45) is 0. The highest BCUT2D eigenvalue weighted by molar-refractivity contribution is 5.88. The Kier molecular flexibility index (Phi) is 11.0. The standard InChI is InChI=1S/2C21H15N3O4.H2O/c2*25-17-7-3-1-5-15(17)19-22-20(16-6-2-4-8-18(16)26)24(23-19)14-11-9-13(10-12-14)21(27)28;/h2*1-12,25-26H,(H,27,28);1H2. The number of benzene rings is 6. The van der Waals surface area contributed by atoms with Crippen LogP contribution in [0.2, 0.25) is 0 Å². The molecule has 15 heteroatoms. The first kappa shape index (κ1) is 38.4. The molecule has 0 unspecified atom stereocenters. The molecule has 6 aromatic carbocycles. The SMILES string of the molecule is O.O=C(O)c1ccc(-n2nc(-c3ccccc3O)nc2-c2ccccc2O)cc1.O=C(O)c1ccc(-n2nc(-c3ccccc3O)nc2-c2ccccc2O)cc1. The molecular formula is C42H32N6O9. The van der Waals surface area contributed by atoms with Gasteiger partial charge in [0.05, 0.1) is 44.8 Å². The van der Waals surface area contributed by atoms with E-state index in [1.165, 1.54) is 45.8 Å². The Labute approximate surface area is 323 Å². The maximum Gasteiger partial charge on any atom is 0.335 e. The van der Waals surface area contributed by atoms with E-state index in [9.17, 15) is 30.0 Å². The number of hydrogen-bond acceptors (Lipinski definition) is 10. The molecule has 2 heterocycles. The first-order valence-corrected chi connectivity index (χ1v) is 16.8. The van der Waals surface area contributed by atoms with E-state index in [0.29, 0.717) is 45.3 Å². The highest BCUT2D eigenvalue weighted by atomic mass is 16.4. The maximum atomic E-state index is 11.1. The van der Waals surface area contributed by atoms with E-state index in [-0.39, 0.29) is 51.2 Å². The van der Waals surface area contributed by atoms with Crippen LogP contribution >= 0.6 is 0 Å². The van der Waals surface area contributed by atoms with Gasteiger partial charge in [-0.05, 0) is 97.1 Å². The average molecular weight is 765 g/mol. The summed E-state index contributed by atoms with van der Waals surface area (Å²) in [7, 11) is 0. The number of phenols is 4. The van der Waals surface area contributed by atoms with E-state index in [1.807, 2.05) is 0 Å². The molecule has 0 aliphatic carbocycles. The lowest BCUT2D eigenvalue weighted by Gasteiger charge is -2.07. The third-order valence-electron chi connectivity index (χ3n) is 8.51. The zero-order valence-corrected chi connectivity index (χ0v) is 29.5. The Morgan fingerprint density at radius 2 is 0.684 bits per heavy atom. The van der Waals surface area contributed by atoms with Crippen molar-refractivity contribution >= 4 is 11.9 Å². The highest BCUT2D eigenvalue weighted by Gasteiger charge is 2.21. The number of aromatic nitrogens is 6. The summed E-state index contributed by atoms with van der Waals surface area (Å²) in [6.45, 7) is 0. The average Bonchev–Trinajstić information content (AvgIpc) is 3.85. The number of nitrogens with zero attached hydrogens (tertiary/aromatic N) is 6. The number of hydrogen-bond donors (Lipinski definition) is 6. The van der Waals surface area contributed by atoms with Crippen LogP contribution < -0.4 is 0 Å². The van der Waals surface area contributed by atoms with Crippen LogP contribution in [0.1, 0.15) is 20.7 Å². The summed E-state index contributed by atoms with van der Waals surface area (Å²) >= 11 is 0.